The third kappa shape index (κ3) is 14.4. The van der Waals surface area contributed by atoms with E-state index in [0.717, 1.165) is 100 Å². The number of benzene rings is 8. The van der Waals surface area contributed by atoms with Gasteiger partial charge in [-0.1, -0.05) is 215 Å². The first kappa shape index (κ1) is 73.7. The van der Waals surface area contributed by atoms with Gasteiger partial charge in [-0.05, 0) is 179 Å². The van der Waals surface area contributed by atoms with Crippen LogP contribution in [0.1, 0.15) is 211 Å². The molecule has 0 amide bonds. The van der Waals surface area contributed by atoms with Crippen molar-refractivity contribution in [1.29, 1.82) is 0 Å². The van der Waals surface area contributed by atoms with Crippen molar-refractivity contribution in [3.63, 3.8) is 0 Å². The predicted octanol–water partition coefficient (Wildman–Crippen LogP) is 22.7. The summed E-state index contributed by atoms with van der Waals surface area (Å²) in [4.78, 5) is 49.0. The van der Waals surface area contributed by atoms with Crippen LogP contribution >= 0.6 is 0 Å². The number of para-hydroxylation sites is 2. The van der Waals surface area contributed by atoms with E-state index in [0.29, 0.717) is 45.8 Å². The molecule has 0 atom stereocenters. The zero-order chi connectivity index (χ0) is 76.5. The monoisotopic (exact) mass is 1410 g/mol. The Labute approximate surface area is 626 Å². The lowest BCUT2D eigenvalue weighted by molar-refractivity contribution is 0.445. The predicted molar refractivity (Wildman–Crippen MR) is 434 cm³/mol. The molecule has 0 saturated heterocycles. The van der Waals surface area contributed by atoms with E-state index >= 15 is 0 Å². The van der Waals surface area contributed by atoms with Crippen LogP contribution in [0.2, 0.25) is 0 Å². The zero-order valence-corrected chi connectivity index (χ0v) is 66.4. The van der Waals surface area contributed by atoms with Gasteiger partial charge in [-0.3, -0.25) is 9.13 Å². The maximum Gasteiger partial charge on any atom is 0.162 e. The van der Waals surface area contributed by atoms with E-state index in [4.69, 9.17) is 39.9 Å². The van der Waals surface area contributed by atoms with Crippen molar-refractivity contribution in [2.24, 2.45) is 0 Å². The molecule has 2 N–H and O–H groups in total. The Hall–Kier alpha value is -10.6. The molecule has 5 aromatic heterocycles. The molecule has 5 heterocycles. The Balaban J connectivity index is 1.04. The summed E-state index contributed by atoms with van der Waals surface area (Å²) in [6, 6.07) is 49.8. The van der Waals surface area contributed by atoms with E-state index in [-0.39, 0.29) is 44.0 Å². The fourth-order valence-electron chi connectivity index (χ4n) is 14.0. The average molecular weight is 1410 g/mol. The van der Waals surface area contributed by atoms with Crippen molar-refractivity contribution in [3.8, 4) is 113 Å². The Bertz CT molecular complexity index is 5170. The van der Waals surface area contributed by atoms with Crippen LogP contribution < -0.4 is 0 Å². The lowest BCUT2D eigenvalue weighted by Crippen LogP contribution is -2.18. The number of phenolic OH excluding ortho intramolecular Hbond substituents is 2. The molecule has 8 aromatic carbocycles. The second-order valence-corrected chi connectivity index (χ2v) is 37.1. The van der Waals surface area contributed by atoms with Gasteiger partial charge < -0.3 is 10.2 Å². The second-order valence-electron chi connectivity index (χ2n) is 37.1. The number of phenols is 2. The molecule has 0 spiro atoms. The number of nitrogens with zero attached hydrogens (tertiary/aromatic N) is 12. The van der Waals surface area contributed by atoms with Crippen molar-refractivity contribution in [2.45, 2.75) is 209 Å². The van der Waals surface area contributed by atoms with Crippen molar-refractivity contribution < 1.29 is 10.2 Å². The summed E-state index contributed by atoms with van der Waals surface area (Å²) >= 11 is 0. The fourth-order valence-corrected chi connectivity index (χ4v) is 14.0. The van der Waals surface area contributed by atoms with Gasteiger partial charge in [0.05, 0.1) is 44.6 Å². The first-order chi connectivity index (χ1) is 49.4. The molecule has 0 radical (unpaired) electrons. The summed E-state index contributed by atoms with van der Waals surface area (Å²) < 4.78 is 4.51. The lowest BCUT2D eigenvalue weighted by Gasteiger charge is -2.28. The van der Waals surface area contributed by atoms with E-state index in [9.17, 15) is 10.2 Å². The van der Waals surface area contributed by atoms with E-state index in [1.165, 1.54) is 47.6 Å². The highest BCUT2D eigenvalue weighted by Crippen LogP contribution is 2.49. The van der Waals surface area contributed by atoms with Crippen LogP contribution in [0.5, 0.6) is 11.5 Å². The van der Waals surface area contributed by atoms with Gasteiger partial charge in [0.2, 0.25) is 0 Å². The number of fused-ring (bicyclic) bond motifs is 2. The van der Waals surface area contributed by atoms with Crippen LogP contribution in [0.3, 0.4) is 0 Å². The van der Waals surface area contributed by atoms with E-state index < -0.39 is 10.8 Å². The summed E-state index contributed by atoms with van der Waals surface area (Å²) in [5, 5.41) is 25.7. The molecular weight excluding hydrogens is 1310 g/mol. The third-order valence-corrected chi connectivity index (χ3v) is 20.5. The number of hydrogen-bond donors (Lipinski definition) is 2. The van der Waals surface area contributed by atoms with Crippen molar-refractivity contribution in [3.05, 3.63) is 216 Å². The molecule has 14 heteroatoms. The lowest BCUT2D eigenvalue weighted by atomic mass is 9.78. The molecule has 0 aliphatic heterocycles. The van der Waals surface area contributed by atoms with Crippen LogP contribution in [0.4, 0.5) is 0 Å². The molecular formula is C92H102N12O2. The number of rotatable bonds is 10. The molecule has 0 aliphatic rings. The molecule has 13 rings (SSSR count). The van der Waals surface area contributed by atoms with Crippen LogP contribution in [-0.4, -0.2) is 69.2 Å². The number of hydrogen-bond acceptors (Lipinski definition) is 12. The van der Waals surface area contributed by atoms with Gasteiger partial charge in [-0.15, -0.1) is 0 Å². The normalized spacial score (nSPS) is 13.0. The second kappa shape index (κ2) is 26.2. The minimum atomic E-state index is -0.399. The largest absolute Gasteiger partial charge is 0.507 e. The molecule has 0 saturated carbocycles. The number of aromatic nitrogens is 12. The van der Waals surface area contributed by atoms with Crippen LogP contribution in [-0.2, 0) is 43.3 Å². The van der Waals surface area contributed by atoms with E-state index in [2.05, 4.69) is 319 Å². The Morgan fingerprint density at radius 1 is 0.274 bits per heavy atom. The van der Waals surface area contributed by atoms with Crippen LogP contribution in [0.25, 0.3) is 124 Å². The highest BCUT2D eigenvalue weighted by molar-refractivity contribution is 6.00. The van der Waals surface area contributed by atoms with Gasteiger partial charge in [-0.25, -0.2) is 49.8 Å². The smallest absolute Gasteiger partial charge is 0.162 e. The minimum Gasteiger partial charge on any atom is -0.507 e. The van der Waals surface area contributed by atoms with Crippen molar-refractivity contribution in [1.82, 2.24) is 59.0 Å². The topological polar surface area (TPSA) is 179 Å². The number of aromatic hydroxyl groups is 2. The SMILES string of the molecule is CC(C)(C)c1cc(-n2c(-c3cc(C(C)(C)C)cc(C(C)(C)C)c3O)nc3c(-c4cc(-c5cc(-c6cc(-c7ncncn7)cc(-c7cccc8c7nc(-c7cc(C(C)(C)C)cc(C(C)(C)C)c7O)n8-c7cc(C(C)(C)C)cc(C(C)(C)C)c7)c6)ncn5)cc(-c5ncncn5)c4)cccc32)cc(C(C)(C)C)c1. The Kier molecular flexibility index (Phi) is 18.2. The minimum absolute atomic E-state index is 0.193. The maximum atomic E-state index is 12.8. The number of imidazole rings is 2. The summed E-state index contributed by atoms with van der Waals surface area (Å²) in [5.41, 5.74) is 20.7. The van der Waals surface area contributed by atoms with Crippen molar-refractivity contribution >= 4 is 22.1 Å². The van der Waals surface area contributed by atoms with Crippen LogP contribution in [0, 0.1) is 0 Å². The molecule has 0 fully saturated rings. The summed E-state index contributed by atoms with van der Waals surface area (Å²) in [5.74, 6) is 2.62. The summed E-state index contributed by atoms with van der Waals surface area (Å²) in [6.07, 6.45) is 7.67. The van der Waals surface area contributed by atoms with Gasteiger partial charge in [0, 0.05) is 55.9 Å². The van der Waals surface area contributed by atoms with Gasteiger partial charge in [0.25, 0.3) is 0 Å². The highest BCUT2D eigenvalue weighted by Gasteiger charge is 2.34. The summed E-state index contributed by atoms with van der Waals surface area (Å²) in [6.45, 7) is 53.3. The van der Waals surface area contributed by atoms with Gasteiger partial charge in [-0.2, -0.15) is 0 Å². The first-order valence-corrected chi connectivity index (χ1v) is 36.9. The highest BCUT2D eigenvalue weighted by atomic mass is 16.3. The Morgan fingerprint density at radius 3 is 0.887 bits per heavy atom. The fraction of sp³-hybridized carbons (Fsp3) is 0.348. The first-order valence-electron chi connectivity index (χ1n) is 36.9. The molecule has 0 bridgehead atoms. The van der Waals surface area contributed by atoms with Gasteiger partial charge in [0.15, 0.2) is 11.6 Å². The standard InChI is InChI=1S/C92H102N12O2/c1-85(2,3)59-37-60(86(4,5)6)40-65(39-59)103-75-29-25-27-67(77(75)101-83(103)69-43-63(89(13,14)15)45-71(79(69)105)91(19,20)21)53-31-55(35-57(33-53)81-97-48-93-49-98-81)73-47-74(96-52-95-73)56-32-54(34-58(36-56)82-99-50-94-51-100-82)68-28-26-30-76-78(68)102-84(70-44-64(90(16,17)18)46-72(80(70)106)92(22,23)24)104(76)66-41-61(87(7,8)9)38-62(42-66)88(10,11)12/h25-52,105-106H,1-24H3. The van der Waals surface area contributed by atoms with Crippen LogP contribution in [0.15, 0.2) is 171 Å². The summed E-state index contributed by atoms with van der Waals surface area (Å²) in [7, 11) is 0. The molecule has 542 valence electrons. The quantitative estimate of drug-likeness (QED) is 0.133. The van der Waals surface area contributed by atoms with Crippen molar-refractivity contribution in [2.75, 3.05) is 0 Å². The molecule has 0 aliphatic carbocycles. The maximum absolute atomic E-state index is 12.8. The van der Waals surface area contributed by atoms with Gasteiger partial charge >= 0.3 is 0 Å². The van der Waals surface area contributed by atoms with E-state index in [1.807, 2.05) is 6.07 Å². The third-order valence-electron chi connectivity index (χ3n) is 20.5. The van der Waals surface area contributed by atoms with Gasteiger partial charge in [0.1, 0.15) is 54.8 Å². The average Bonchev–Trinajstić information content (AvgIpc) is 1.50. The Morgan fingerprint density at radius 2 is 0.575 bits per heavy atom. The molecule has 0 unspecified atom stereocenters. The van der Waals surface area contributed by atoms with E-state index in [1.54, 1.807) is 6.33 Å². The molecule has 13 aromatic rings. The molecule has 106 heavy (non-hydrogen) atoms. The zero-order valence-electron chi connectivity index (χ0n) is 66.4. The molecule has 14 nitrogen and oxygen atoms in total.